The Hall–Kier alpha value is -7.49. The van der Waals surface area contributed by atoms with Gasteiger partial charge in [-0.25, -0.2) is 4.98 Å². The molecule has 0 aliphatic carbocycles. The predicted octanol–water partition coefficient (Wildman–Crippen LogP) is 14.4. The van der Waals surface area contributed by atoms with Gasteiger partial charge in [-0.05, 0) is 69.8 Å². The van der Waals surface area contributed by atoms with E-state index in [9.17, 15) is 0 Å². The van der Waals surface area contributed by atoms with E-state index in [0.29, 0.717) is 0 Å². The van der Waals surface area contributed by atoms with Gasteiger partial charge in [0.2, 0.25) is 0 Å². The number of pyridine rings is 1. The quantitative estimate of drug-likeness (QED) is 0.172. The minimum Gasteiger partial charge on any atom is -0.454 e. The second-order valence-electron chi connectivity index (χ2n) is 14.3. The first-order valence-corrected chi connectivity index (χ1v) is 19.0. The summed E-state index contributed by atoms with van der Waals surface area (Å²) in [6.45, 7) is 0. The van der Waals surface area contributed by atoms with Crippen LogP contribution in [0, 0.1) is 0 Å². The smallest absolute Gasteiger partial charge is 0.159 e. The summed E-state index contributed by atoms with van der Waals surface area (Å²) < 4.78 is 9.38. The minimum absolute atomic E-state index is 0.828. The monoisotopic (exact) mass is 714 g/mol. The zero-order chi connectivity index (χ0) is 37.0. The standard InChI is InChI=1S/C53H34N2O/c1-5-15-35(16-6-1)39-27-29-42-43-30-28-40(36-17-7-2-8-18-36)34-50(43)55(49(42)33-39)48-25-13-24-45-52-44(23-14-26-51(52)56-53(45)48)47-32-41(37-19-9-3-10-20-37)31-46(54-47)38-21-11-4-12-22-38/h1-34H. The summed E-state index contributed by atoms with van der Waals surface area (Å²) in [6.07, 6.45) is 0. The summed E-state index contributed by atoms with van der Waals surface area (Å²) in [5, 5.41) is 4.50. The van der Waals surface area contributed by atoms with E-state index in [2.05, 4.69) is 205 Å². The van der Waals surface area contributed by atoms with Crippen LogP contribution in [0.15, 0.2) is 211 Å². The van der Waals surface area contributed by atoms with Gasteiger partial charge >= 0.3 is 0 Å². The molecule has 8 aromatic carbocycles. The van der Waals surface area contributed by atoms with Crippen molar-refractivity contribution in [2.75, 3.05) is 0 Å². The Balaban J connectivity index is 1.18. The first-order chi connectivity index (χ1) is 27.8. The normalized spacial score (nSPS) is 11.6. The number of hydrogen-bond acceptors (Lipinski definition) is 2. The maximum absolute atomic E-state index is 6.98. The summed E-state index contributed by atoms with van der Waals surface area (Å²) in [5.74, 6) is 0. The molecular weight excluding hydrogens is 681 g/mol. The molecular formula is C53H34N2O. The number of para-hydroxylation sites is 1. The molecule has 0 fully saturated rings. The lowest BCUT2D eigenvalue weighted by Crippen LogP contribution is -1.95. The molecule has 0 unspecified atom stereocenters. The number of nitrogens with zero attached hydrogens (tertiary/aromatic N) is 2. The van der Waals surface area contributed by atoms with E-state index >= 15 is 0 Å². The highest BCUT2D eigenvalue weighted by Crippen LogP contribution is 2.43. The number of fused-ring (bicyclic) bond motifs is 6. The van der Waals surface area contributed by atoms with Crippen LogP contribution in [-0.4, -0.2) is 9.55 Å². The fourth-order valence-corrected chi connectivity index (χ4v) is 8.34. The number of hydrogen-bond donors (Lipinski definition) is 0. The van der Waals surface area contributed by atoms with Gasteiger partial charge < -0.3 is 8.98 Å². The Labute approximate surface area is 324 Å². The molecule has 3 aromatic heterocycles. The molecule has 0 saturated heterocycles. The zero-order valence-corrected chi connectivity index (χ0v) is 30.4. The van der Waals surface area contributed by atoms with Crippen molar-refractivity contribution in [3.8, 4) is 61.6 Å². The molecule has 0 bridgehead atoms. The molecule has 0 saturated carbocycles. The van der Waals surface area contributed by atoms with Gasteiger partial charge in [-0.15, -0.1) is 0 Å². The Bertz CT molecular complexity index is 3060. The number of aromatic nitrogens is 2. The van der Waals surface area contributed by atoms with Crippen LogP contribution >= 0.6 is 0 Å². The van der Waals surface area contributed by atoms with Gasteiger partial charge in [0, 0.05) is 32.7 Å². The van der Waals surface area contributed by atoms with Gasteiger partial charge in [0.1, 0.15) is 5.58 Å². The second kappa shape index (κ2) is 13.1. The molecule has 56 heavy (non-hydrogen) atoms. The molecule has 3 heteroatoms. The maximum atomic E-state index is 6.98. The molecule has 0 aliphatic rings. The van der Waals surface area contributed by atoms with E-state index in [-0.39, 0.29) is 0 Å². The summed E-state index contributed by atoms with van der Waals surface area (Å²) >= 11 is 0. The van der Waals surface area contributed by atoms with Crippen molar-refractivity contribution < 1.29 is 4.42 Å². The van der Waals surface area contributed by atoms with E-state index in [0.717, 1.165) is 72.3 Å². The molecule has 0 spiro atoms. The van der Waals surface area contributed by atoms with Gasteiger partial charge in [0.25, 0.3) is 0 Å². The van der Waals surface area contributed by atoms with Crippen LogP contribution in [0.2, 0.25) is 0 Å². The molecule has 0 atom stereocenters. The molecule has 11 rings (SSSR count). The van der Waals surface area contributed by atoms with Crippen LogP contribution in [0.5, 0.6) is 0 Å². The van der Waals surface area contributed by atoms with Crippen molar-refractivity contribution in [2.45, 2.75) is 0 Å². The third-order valence-electron chi connectivity index (χ3n) is 11.0. The van der Waals surface area contributed by atoms with Crippen LogP contribution in [0.1, 0.15) is 0 Å². The van der Waals surface area contributed by atoms with Gasteiger partial charge in [-0.2, -0.15) is 0 Å². The topological polar surface area (TPSA) is 31.0 Å². The average Bonchev–Trinajstić information content (AvgIpc) is 3.83. The second-order valence-corrected chi connectivity index (χ2v) is 14.3. The van der Waals surface area contributed by atoms with E-state index in [4.69, 9.17) is 9.40 Å². The molecule has 3 heterocycles. The highest BCUT2D eigenvalue weighted by atomic mass is 16.3. The van der Waals surface area contributed by atoms with Crippen LogP contribution in [0.3, 0.4) is 0 Å². The predicted molar refractivity (Wildman–Crippen MR) is 233 cm³/mol. The van der Waals surface area contributed by atoms with Crippen LogP contribution in [0.4, 0.5) is 0 Å². The van der Waals surface area contributed by atoms with E-state index < -0.39 is 0 Å². The lowest BCUT2D eigenvalue weighted by molar-refractivity contribution is 0.666. The number of rotatable bonds is 6. The third-order valence-corrected chi connectivity index (χ3v) is 11.0. The van der Waals surface area contributed by atoms with Crippen molar-refractivity contribution in [3.05, 3.63) is 206 Å². The van der Waals surface area contributed by atoms with Crippen molar-refractivity contribution in [2.24, 2.45) is 0 Å². The summed E-state index contributed by atoms with van der Waals surface area (Å²) in [5.41, 5.74) is 15.8. The molecule has 3 nitrogen and oxygen atoms in total. The SMILES string of the molecule is c1ccc(-c2cc(-c3ccccc3)nc(-c3cccc4oc5c(-n6c7cc(-c8ccccc8)ccc7c7ccc(-c8ccccc8)cc76)cccc5c34)c2)cc1. The van der Waals surface area contributed by atoms with Crippen molar-refractivity contribution in [1.82, 2.24) is 9.55 Å². The number of furan rings is 1. The van der Waals surface area contributed by atoms with Crippen LogP contribution in [-0.2, 0) is 0 Å². The zero-order valence-electron chi connectivity index (χ0n) is 30.4. The summed E-state index contributed by atoms with van der Waals surface area (Å²) in [7, 11) is 0. The van der Waals surface area contributed by atoms with Crippen molar-refractivity contribution in [3.63, 3.8) is 0 Å². The van der Waals surface area contributed by atoms with E-state index in [1.165, 1.54) is 33.0 Å². The highest BCUT2D eigenvalue weighted by molar-refractivity contribution is 6.16. The Kier molecular flexibility index (Phi) is 7.49. The van der Waals surface area contributed by atoms with Crippen molar-refractivity contribution in [1.29, 1.82) is 0 Å². The maximum Gasteiger partial charge on any atom is 0.159 e. The van der Waals surface area contributed by atoms with Gasteiger partial charge in [-0.1, -0.05) is 170 Å². The van der Waals surface area contributed by atoms with Gasteiger partial charge in [-0.3, -0.25) is 0 Å². The first kappa shape index (κ1) is 32.0. The van der Waals surface area contributed by atoms with E-state index in [1.54, 1.807) is 0 Å². The molecule has 0 N–H and O–H groups in total. The number of benzene rings is 8. The Morgan fingerprint density at radius 3 is 1.46 bits per heavy atom. The molecule has 0 aliphatic heterocycles. The molecule has 0 radical (unpaired) electrons. The largest absolute Gasteiger partial charge is 0.454 e. The highest BCUT2D eigenvalue weighted by Gasteiger charge is 2.21. The van der Waals surface area contributed by atoms with Crippen LogP contribution in [0.25, 0.3) is 105 Å². The Morgan fingerprint density at radius 1 is 0.357 bits per heavy atom. The average molecular weight is 715 g/mol. The van der Waals surface area contributed by atoms with Gasteiger partial charge in [0.15, 0.2) is 5.58 Å². The lowest BCUT2D eigenvalue weighted by atomic mass is 9.97. The summed E-state index contributed by atoms with van der Waals surface area (Å²) in [4.78, 5) is 5.32. The fourth-order valence-electron chi connectivity index (χ4n) is 8.34. The minimum atomic E-state index is 0.828. The first-order valence-electron chi connectivity index (χ1n) is 19.0. The third kappa shape index (κ3) is 5.32. The van der Waals surface area contributed by atoms with E-state index in [1.807, 2.05) is 6.07 Å². The van der Waals surface area contributed by atoms with Crippen LogP contribution < -0.4 is 0 Å². The Morgan fingerprint density at radius 2 is 0.875 bits per heavy atom. The summed E-state index contributed by atoms with van der Waals surface area (Å²) in [6, 6.07) is 73.1. The van der Waals surface area contributed by atoms with Gasteiger partial charge in [0.05, 0.1) is 28.1 Å². The molecule has 262 valence electrons. The fraction of sp³-hybridized carbons (Fsp3) is 0. The lowest BCUT2D eigenvalue weighted by Gasteiger charge is -2.12. The molecule has 11 aromatic rings. The van der Waals surface area contributed by atoms with Crippen molar-refractivity contribution >= 4 is 43.7 Å². The molecule has 0 amide bonds.